The maximum absolute atomic E-state index is 13.0. The van der Waals surface area contributed by atoms with Crippen LogP contribution in [0.1, 0.15) is 51.4 Å². The SMILES string of the molecule is CCC(Nc1ccc(C(C)(C)C)cc1)c1ccc(F)cn1. The largest absolute Gasteiger partial charge is 0.377 e. The zero-order chi connectivity index (χ0) is 15.5. The predicted octanol–water partition coefficient (Wildman–Crippen LogP) is 5.08. The topological polar surface area (TPSA) is 24.9 Å². The fourth-order valence-corrected chi connectivity index (χ4v) is 2.25. The number of pyridine rings is 1. The number of halogens is 1. The lowest BCUT2D eigenvalue weighted by Gasteiger charge is -2.21. The first kappa shape index (κ1) is 15.5. The van der Waals surface area contributed by atoms with Gasteiger partial charge in [0.25, 0.3) is 0 Å². The molecule has 1 atom stereocenters. The van der Waals surface area contributed by atoms with Crippen molar-refractivity contribution < 1.29 is 4.39 Å². The maximum Gasteiger partial charge on any atom is 0.141 e. The molecular formula is C18H23FN2. The number of anilines is 1. The van der Waals surface area contributed by atoms with Crippen LogP contribution in [0.15, 0.2) is 42.6 Å². The van der Waals surface area contributed by atoms with E-state index in [0.29, 0.717) is 0 Å². The summed E-state index contributed by atoms with van der Waals surface area (Å²) < 4.78 is 13.0. The molecule has 1 heterocycles. The van der Waals surface area contributed by atoms with E-state index in [4.69, 9.17) is 0 Å². The summed E-state index contributed by atoms with van der Waals surface area (Å²) in [5.41, 5.74) is 3.38. The van der Waals surface area contributed by atoms with Crippen molar-refractivity contribution in [3.8, 4) is 0 Å². The van der Waals surface area contributed by atoms with Gasteiger partial charge >= 0.3 is 0 Å². The van der Waals surface area contributed by atoms with Crippen molar-refractivity contribution in [3.63, 3.8) is 0 Å². The Balaban J connectivity index is 2.13. The third kappa shape index (κ3) is 4.03. The molecule has 0 aliphatic heterocycles. The molecule has 0 bridgehead atoms. The summed E-state index contributed by atoms with van der Waals surface area (Å²) in [5, 5.41) is 3.46. The van der Waals surface area contributed by atoms with Gasteiger partial charge in [0, 0.05) is 5.69 Å². The summed E-state index contributed by atoms with van der Waals surface area (Å²) >= 11 is 0. The highest BCUT2D eigenvalue weighted by atomic mass is 19.1. The molecule has 1 N–H and O–H groups in total. The van der Waals surface area contributed by atoms with E-state index in [0.717, 1.165) is 17.8 Å². The first-order valence-corrected chi connectivity index (χ1v) is 7.38. The van der Waals surface area contributed by atoms with Crippen LogP contribution in [-0.4, -0.2) is 4.98 Å². The fourth-order valence-electron chi connectivity index (χ4n) is 2.25. The van der Waals surface area contributed by atoms with Gasteiger partial charge in [0.1, 0.15) is 5.82 Å². The van der Waals surface area contributed by atoms with Crippen LogP contribution in [0, 0.1) is 5.82 Å². The van der Waals surface area contributed by atoms with E-state index in [9.17, 15) is 4.39 Å². The molecule has 0 aliphatic rings. The van der Waals surface area contributed by atoms with Crippen molar-refractivity contribution in [2.45, 2.75) is 45.6 Å². The zero-order valence-electron chi connectivity index (χ0n) is 13.2. The molecule has 2 nitrogen and oxygen atoms in total. The number of hydrogen-bond acceptors (Lipinski definition) is 2. The normalized spacial score (nSPS) is 13.0. The highest BCUT2D eigenvalue weighted by Gasteiger charge is 2.14. The van der Waals surface area contributed by atoms with Gasteiger partial charge in [-0.2, -0.15) is 0 Å². The minimum atomic E-state index is -0.303. The third-order valence-corrected chi connectivity index (χ3v) is 3.61. The van der Waals surface area contributed by atoms with Gasteiger partial charge in [-0.25, -0.2) is 4.39 Å². The molecule has 0 saturated heterocycles. The second kappa shape index (κ2) is 6.25. The lowest BCUT2D eigenvalue weighted by atomic mass is 9.87. The molecule has 0 spiro atoms. The second-order valence-electron chi connectivity index (χ2n) is 6.33. The Bertz CT molecular complexity index is 568. The van der Waals surface area contributed by atoms with Crippen molar-refractivity contribution in [2.24, 2.45) is 0 Å². The zero-order valence-corrected chi connectivity index (χ0v) is 13.2. The highest BCUT2D eigenvalue weighted by molar-refractivity contribution is 5.47. The van der Waals surface area contributed by atoms with E-state index < -0.39 is 0 Å². The van der Waals surface area contributed by atoms with Gasteiger partial charge in [-0.05, 0) is 41.7 Å². The summed E-state index contributed by atoms with van der Waals surface area (Å²) in [6.07, 6.45) is 2.15. The summed E-state index contributed by atoms with van der Waals surface area (Å²) in [7, 11) is 0. The Morgan fingerprint density at radius 3 is 2.24 bits per heavy atom. The van der Waals surface area contributed by atoms with E-state index in [-0.39, 0.29) is 17.3 Å². The van der Waals surface area contributed by atoms with Crippen LogP contribution in [0.4, 0.5) is 10.1 Å². The smallest absolute Gasteiger partial charge is 0.141 e. The average molecular weight is 286 g/mol. The molecule has 0 saturated carbocycles. The summed E-state index contributed by atoms with van der Waals surface area (Å²) in [6.45, 7) is 8.69. The molecule has 2 rings (SSSR count). The summed E-state index contributed by atoms with van der Waals surface area (Å²) in [5.74, 6) is -0.303. The first-order chi connectivity index (χ1) is 9.90. The molecule has 0 aliphatic carbocycles. The molecule has 1 aromatic heterocycles. The maximum atomic E-state index is 13.0. The standard InChI is InChI=1S/C18H23FN2/c1-5-16(17-11-8-14(19)12-20-17)21-15-9-6-13(7-10-15)18(2,3)4/h6-12,16,21H,5H2,1-4H3. The minimum Gasteiger partial charge on any atom is -0.377 e. The van der Waals surface area contributed by atoms with Crippen molar-refractivity contribution in [1.29, 1.82) is 0 Å². The van der Waals surface area contributed by atoms with Crippen LogP contribution in [-0.2, 0) is 5.41 Å². The molecule has 112 valence electrons. The van der Waals surface area contributed by atoms with Crippen LogP contribution in [0.2, 0.25) is 0 Å². The van der Waals surface area contributed by atoms with Gasteiger partial charge in [-0.15, -0.1) is 0 Å². The van der Waals surface area contributed by atoms with E-state index in [1.165, 1.54) is 17.8 Å². The van der Waals surface area contributed by atoms with Gasteiger partial charge in [0.2, 0.25) is 0 Å². The Morgan fingerprint density at radius 2 is 1.76 bits per heavy atom. The van der Waals surface area contributed by atoms with Gasteiger partial charge in [-0.3, -0.25) is 4.98 Å². The number of rotatable bonds is 4. The monoisotopic (exact) mass is 286 g/mol. The van der Waals surface area contributed by atoms with Gasteiger partial charge in [-0.1, -0.05) is 39.8 Å². The lowest BCUT2D eigenvalue weighted by Crippen LogP contribution is -2.13. The summed E-state index contributed by atoms with van der Waals surface area (Å²) in [4.78, 5) is 4.16. The highest BCUT2D eigenvalue weighted by Crippen LogP contribution is 2.26. The van der Waals surface area contributed by atoms with Crippen molar-refractivity contribution in [3.05, 3.63) is 59.7 Å². The molecule has 1 unspecified atom stereocenters. The molecule has 0 radical (unpaired) electrons. The van der Waals surface area contributed by atoms with Crippen LogP contribution < -0.4 is 5.32 Å². The quantitative estimate of drug-likeness (QED) is 0.847. The van der Waals surface area contributed by atoms with Crippen LogP contribution in [0.25, 0.3) is 0 Å². The minimum absolute atomic E-state index is 0.0890. The summed E-state index contributed by atoms with van der Waals surface area (Å²) in [6, 6.07) is 11.8. The molecule has 0 fully saturated rings. The molecular weight excluding hydrogens is 263 g/mol. The molecule has 1 aromatic carbocycles. The van der Waals surface area contributed by atoms with Gasteiger partial charge in [0.05, 0.1) is 17.9 Å². The van der Waals surface area contributed by atoms with Crippen LogP contribution >= 0.6 is 0 Å². The van der Waals surface area contributed by atoms with Crippen molar-refractivity contribution >= 4 is 5.69 Å². The van der Waals surface area contributed by atoms with E-state index in [1.54, 1.807) is 6.07 Å². The van der Waals surface area contributed by atoms with Gasteiger partial charge < -0.3 is 5.32 Å². The number of hydrogen-bond donors (Lipinski definition) is 1. The Labute approximate surface area is 126 Å². The van der Waals surface area contributed by atoms with Gasteiger partial charge in [0.15, 0.2) is 0 Å². The Kier molecular flexibility index (Phi) is 4.61. The lowest BCUT2D eigenvalue weighted by molar-refractivity contribution is 0.590. The van der Waals surface area contributed by atoms with E-state index >= 15 is 0 Å². The Morgan fingerprint density at radius 1 is 1.10 bits per heavy atom. The first-order valence-electron chi connectivity index (χ1n) is 7.38. The molecule has 3 heteroatoms. The van der Waals surface area contributed by atoms with Crippen LogP contribution in [0.3, 0.4) is 0 Å². The van der Waals surface area contributed by atoms with E-state index in [1.807, 2.05) is 0 Å². The van der Waals surface area contributed by atoms with Crippen molar-refractivity contribution in [1.82, 2.24) is 4.98 Å². The average Bonchev–Trinajstić information content (AvgIpc) is 2.45. The second-order valence-corrected chi connectivity index (χ2v) is 6.33. The number of nitrogens with zero attached hydrogens (tertiary/aromatic N) is 1. The fraction of sp³-hybridized carbons (Fsp3) is 0.389. The molecule has 2 aromatic rings. The molecule has 21 heavy (non-hydrogen) atoms. The van der Waals surface area contributed by atoms with Crippen molar-refractivity contribution in [2.75, 3.05) is 5.32 Å². The van der Waals surface area contributed by atoms with E-state index in [2.05, 4.69) is 62.3 Å². The molecule has 0 amide bonds. The Hall–Kier alpha value is -1.90. The number of nitrogens with one attached hydrogen (secondary N) is 1. The van der Waals surface area contributed by atoms with Crippen LogP contribution in [0.5, 0.6) is 0 Å². The number of benzene rings is 1. The third-order valence-electron chi connectivity index (χ3n) is 3.61. The number of aromatic nitrogens is 1. The predicted molar refractivity (Wildman–Crippen MR) is 86.0 cm³/mol.